The van der Waals surface area contributed by atoms with Crippen LogP contribution < -0.4 is 0 Å². The van der Waals surface area contributed by atoms with E-state index in [1.165, 1.54) is 18.2 Å². The predicted octanol–water partition coefficient (Wildman–Crippen LogP) is 4.96. The molecule has 40 heavy (non-hydrogen) atoms. The second-order valence-corrected chi connectivity index (χ2v) is 12.6. The lowest BCUT2D eigenvalue weighted by Crippen LogP contribution is -2.70. The Morgan fingerprint density at radius 2 is 1.85 bits per heavy atom. The number of halogens is 3. The highest BCUT2D eigenvalue weighted by atomic mass is 35.5. The number of hydroxylamine groups is 2. The SMILES string of the molecule is CC.C[C@]12C=CC(=O)C=C1[C@@H](F)C[C@H]1[C@@H]3C[C@H]4CN(Cc5ccc(Cl)cc5)O[C@@]4(C(=O)CO)[C@@]3(C)C[C@H](O)[C@@]12F. The number of benzene rings is 1. The van der Waals surface area contributed by atoms with E-state index in [0.29, 0.717) is 24.5 Å². The van der Waals surface area contributed by atoms with E-state index >= 15 is 8.78 Å². The minimum Gasteiger partial charge on any atom is -0.390 e. The highest BCUT2D eigenvalue weighted by molar-refractivity contribution is 6.30. The normalized spacial score (nSPS) is 43.6. The highest BCUT2D eigenvalue weighted by Gasteiger charge is 2.79. The molecule has 9 atom stereocenters. The highest BCUT2D eigenvalue weighted by Crippen LogP contribution is 2.72. The maximum absolute atomic E-state index is 17.4. The molecule has 2 N–H and O–H groups in total. The number of Topliss-reactive ketones (excluding diaryl/α,β-unsaturated/α-hetero) is 1. The summed E-state index contributed by atoms with van der Waals surface area (Å²) in [6, 6.07) is 7.27. The molecule has 1 aliphatic heterocycles. The van der Waals surface area contributed by atoms with Crippen molar-refractivity contribution in [2.45, 2.75) is 77.0 Å². The minimum absolute atomic E-state index is 0.0659. The van der Waals surface area contributed by atoms with Crippen LogP contribution in [-0.2, 0) is 21.0 Å². The molecule has 5 aliphatic rings. The Morgan fingerprint density at radius 1 is 1.18 bits per heavy atom. The van der Waals surface area contributed by atoms with Gasteiger partial charge in [-0.05, 0) is 67.5 Å². The van der Waals surface area contributed by atoms with Crippen LogP contribution in [0.5, 0.6) is 0 Å². The molecule has 4 fully saturated rings. The van der Waals surface area contributed by atoms with Gasteiger partial charge in [0.15, 0.2) is 22.8 Å². The number of alkyl halides is 2. The molecule has 0 aromatic heterocycles. The molecule has 6 nitrogen and oxygen atoms in total. The van der Waals surface area contributed by atoms with Crippen LogP contribution in [0.25, 0.3) is 0 Å². The van der Waals surface area contributed by atoms with Crippen molar-refractivity contribution in [2.75, 3.05) is 13.2 Å². The van der Waals surface area contributed by atoms with E-state index in [1.807, 2.05) is 32.9 Å². The lowest BCUT2D eigenvalue weighted by Gasteiger charge is -2.63. The number of carbonyl (C=O) groups excluding carboxylic acids is 2. The Bertz CT molecular complexity index is 1250. The molecule has 4 aliphatic carbocycles. The number of hydrogen-bond donors (Lipinski definition) is 2. The van der Waals surface area contributed by atoms with Crippen molar-refractivity contribution in [3.05, 3.63) is 58.7 Å². The Labute approximate surface area is 239 Å². The van der Waals surface area contributed by atoms with Crippen LogP contribution in [-0.4, -0.2) is 63.5 Å². The van der Waals surface area contributed by atoms with Gasteiger partial charge in [0.05, 0.1) is 6.10 Å². The third-order valence-corrected chi connectivity index (χ3v) is 10.8. The fourth-order valence-corrected chi connectivity index (χ4v) is 8.95. The van der Waals surface area contributed by atoms with Gasteiger partial charge in [0.25, 0.3) is 0 Å². The standard InChI is InChI=1S/C29H32ClF2NO5.C2H6/c1-26-8-7-19(35)10-22(26)23(31)11-21-20-9-17-14-33(13-16-3-5-18(30)6-4-16)38-29(17,25(37)15-34)27(20,2)12-24(36)28(21,26)32;1-2/h3-8,10,17,20-21,23-24,34,36H,9,11-15H2,1-2H3;1-2H3/t17-,20-,21-,23-,24-,26-,27-,28-,29-;/m0./s1. The first kappa shape index (κ1) is 29.5. The first-order valence-electron chi connectivity index (χ1n) is 14.2. The quantitative estimate of drug-likeness (QED) is 0.526. The number of allylic oxidation sites excluding steroid dienone is 4. The van der Waals surface area contributed by atoms with E-state index in [-0.39, 0.29) is 24.3 Å². The molecule has 0 spiro atoms. The monoisotopic (exact) mass is 577 g/mol. The molecular formula is C31H38ClF2NO5. The molecule has 3 saturated carbocycles. The second kappa shape index (κ2) is 10.1. The number of rotatable bonds is 4. The number of hydrogen-bond acceptors (Lipinski definition) is 6. The minimum atomic E-state index is -2.23. The zero-order chi connectivity index (χ0) is 29.3. The van der Waals surface area contributed by atoms with Crippen LogP contribution in [0.4, 0.5) is 8.78 Å². The van der Waals surface area contributed by atoms with Gasteiger partial charge in [-0.2, -0.15) is 5.06 Å². The Morgan fingerprint density at radius 3 is 2.50 bits per heavy atom. The molecule has 218 valence electrons. The van der Waals surface area contributed by atoms with Crippen molar-refractivity contribution in [2.24, 2.45) is 28.6 Å². The van der Waals surface area contributed by atoms with Gasteiger partial charge < -0.3 is 10.2 Å². The van der Waals surface area contributed by atoms with Crippen LogP contribution in [0.3, 0.4) is 0 Å². The van der Waals surface area contributed by atoms with E-state index in [9.17, 15) is 19.8 Å². The van der Waals surface area contributed by atoms with E-state index < -0.39 is 64.4 Å². The third-order valence-electron chi connectivity index (χ3n) is 10.5. The number of aliphatic hydroxyl groups excluding tert-OH is 2. The van der Waals surface area contributed by atoms with Crippen molar-refractivity contribution in [1.82, 2.24) is 5.06 Å². The zero-order valence-electron chi connectivity index (χ0n) is 23.4. The lowest BCUT2D eigenvalue weighted by molar-refractivity contribution is -0.269. The number of carbonyl (C=O) groups is 2. The van der Waals surface area contributed by atoms with Crippen molar-refractivity contribution in [3.63, 3.8) is 0 Å². The van der Waals surface area contributed by atoms with Crippen LogP contribution >= 0.6 is 11.6 Å². The van der Waals surface area contributed by atoms with E-state index in [0.717, 1.165) is 5.56 Å². The molecular weight excluding hydrogens is 540 g/mol. The van der Waals surface area contributed by atoms with E-state index in [1.54, 1.807) is 24.1 Å². The molecule has 1 aromatic carbocycles. The van der Waals surface area contributed by atoms with Crippen molar-refractivity contribution in [3.8, 4) is 0 Å². The van der Waals surface area contributed by atoms with Crippen LogP contribution in [0.1, 0.15) is 52.5 Å². The summed E-state index contributed by atoms with van der Waals surface area (Å²) in [5, 5.41) is 23.9. The summed E-state index contributed by atoms with van der Waals surface area (Å²) in [5.41, 5.74) is -5.24. The van der Waals surface area contributed by atoms with Crippen LogP contribution in [0.15, 0.2) is 48.1 Å². The van der Waals surface area contributed by atoms with E-state index in [4.69, 9.17) is 16.4 Å². The van der Waals surface area contributed by atoms with Crippen molar-refractivity contribution >= 4 is 23.2 Å². The van der Waals surface area contributed by atoms with E-state index in [2.05, 4.69) is 0 Å². The fourth-order valence-electron chi connectivity index (χ4n) is 8.83. The fraction of sp³-hybridized carbons (Fsp3) is 0.613. The number of aliphatic hydroxyl groups is 2. The zero-order valence-corrected chi connectivity index (χ0v) is 24.1. The first-order valence-corrected chi connectivity index (χ1v) is 14.6. The van der Waals surface area contributed by atoms with Gasteiger partial charge >= 0.3 is 0 Å². The Hall–Kier alpha value is -1.97. The summed E-state index contributed by atoms with van der Waals surface area (Å²) in [6.45, 7) is 7.38. The maximum Gasteiger partial charge on any atom is 0.192 e. The summed E-state index contributed by atoms with van der Waals surface area (Å²) < 4.78 is 33.1. The van der Waals surface area contributed by atoms with Gasteiger partial charge in [-0.15, -0.1) is 0 Å². The van der Waals surface area contributed by atoms with Crippen molar-refractivity contribution < 1.29 is 33.4 Å². The molecule has 9 heteroatoms. The Kier molecular flexibility index (Phi) is 7.44. The number of nitrogens with zero attached hydrogens (tertiary/aromatic N) is 1. The maximum atomic E-state index is 17.4. The molecule has 0 bridgehead atoms. The summed E-state index contributed by atoms with van der Waals surface area (Å²) in [4.78, 5) is 32.0. The first-order chi connectivity index (χ1) is 18.9. The molecule has 0 amide bonds. The molecule has 6 rings (SSSR count). The third kappa shape index (κ3) is 3.79. The number of ketones is 2. The van der Waals surface area contributed by atoms with Gasteiger partial charge in [0.2, 0.25) is 0 Å². The van der Waals surface area contributed by atoms with Gasteiger partial charge in [0.1, 0.15) is 12.8 Å². The summed E-state index contributed by atoms with van der Waals surface area (Å²) in [7, 11) is 0. The molecule has 1 aromatic rings. The van der Waals surface area contributed by atoms with Crippen LogP contribution in [0.2, 0.25) is 5.02 Å². The molecule has 0 radical (unpaired) electrons. The predicted molar refractivity (Wildman–Crippen MR) is 147 cm³/mol. The Balaban J connectivity index is 0.00000158. The van der Waals surface area contributed by atoms with Crippen molar-refractivity contribution in [1.29, 1.82) is 0 Å². The molecule has 0 unspecified atom stereocenters. The van der Waals surface area contributed by atoms with Gasteiger partial charge in [-0.25, -0.2) is 8.78 Å². The topological polar surface area (TPSA) is 87.1 Å². The van der Waals surface area contributed by atoms with Gasteiger partial charge in [0, 0.05) is 40.8 Å². The average Bonchev–Trinajstić information content (AvgIpc) is 3.41. The molecule has 1 heterocycles. The summed E-state index contributed by atoms with van der Waals surface area (Å²) in [6.07, 6.45) is 0.841. The second-order valence-electron chi connectivity index (χ2n) is 12.1. The van der Waals surface area contributed by atoms with Gasteiger partial charge in [-0.1, -0.05) is 50.6 Å². The number of fused-ring (bicyclic) bond motifs is 7. The lowest BCUT2D eigenvalue weighted by atomic mass is 9.44. The summed E-state index contributed by atoms with van der Waals surface area (Å²) >= 11 is 6.01. The van der Waals surface area contributed by atoms with Crippen LogP contribution in [0, 0.1) is 28.6 Å². The smallest absolute Gasteiger partial charge is 0.192 e. The summed E-state index contributed by atoms with van der Waals surface area (Å²) in [5.74, 6) is -2.66. The largest absolute Gasteiger partial charge is 0.390 e. The molecule has 1 saturated heterocycles. The average molecular weight is 578 g/mol. The van der Waals surface area contributed by atoms with Gasteiger partial charge in [-0.3, -0.25) is 14.4 Å².